The maximum Gasteiger partial charge on any atom is 0.246 e. The molecule has 156 valence electrons. The number of nitrogens with one attached hydrogen (secondary N) is 2. The number of morpholine rings is 1. The smallest absolute Gasteiger partial charge is 0.246 e. The van der Waals surface area contributed by atoms with Gasteiger partial charge in [0, 0.05) is 24.5 Å². The minimum Gasteiger partial charge on any atom is -0.379 e. The monoisotopic (exact) mass is 417 g/mol. The first-order chi connectivity index (χ1) is 13.9. The van der Waals surface area contributed by atoms with Gasteiger partial charge in [0.1, 0.15) is 6.04 Å². The van der Waals surface area contributed by atoms with E-state index in [4.69, 9.17) is 4.74 Å². The van der Waals surface area contributed by atoms with Crippen molar-refractivity contribution in [1.82, 2.24) is 4.31 Å². The van der Waals surface area contributed by atoms with E-state index in [1.165, 1.54) is 10.4 Å². The lowest BCUT2D eigenvalue weighted by Gasteiger charge is -2.26. The predicted molar refractivity (Wildman–Crippen MR) is 114 cm³/mol. The zero-order valence-electron chi connectivity index (χ0n) is 16.7. The molecule has 0 aliphatic carbocycles. The van der Waals surface area contributed by atoms with Crippen molar-refractivity contribution in [2.45, 2.75) is 31.2 Å². The Labute approximate surface area is 172 Å². The Morgan fingerprint density at radius 1 is 1.14 bits per heavy atom. The molecule has 1 atom stereocenters. The van der Waals surface area contributed by atoms with E-state index >= 15 is 0 Å². The minimum atomic E-state index is -3.61. The second-order valence-electron chi connectivity index (χ2n) is 6.91. The standard InChI is InChI=1S/C21H27N3O4S/c1-3-17-7-4-5-10-20(17)22-16(2)21(25)23-18-8-6-9-19(15-18)29(26,27)24-11-13-28-14-12-24/h4-10,15-16,22H,3,11-14H2,1-2H3,(H,23,25)/t16-/m0/s1. The Bertz CT molecular complexity index is 956. The third kappa shape index (κ3) is 5.14. The normalized spacial score (nSPS) is 16.2. The summed E-state index contributed by atoms with van der Waals surface area (Å²) in [5, 5.41) is 6.03. The molecule has 1 aliphatic rings. The largest absolute Gasteiger partial charge is 0.379 e. The molecule has 1 amide bonds. The minimum absolute atomic E-state index is 0.161. The Morgan fingerprint density at radius 3 is 2.59 bits per heavy atom. The van der Waals surface area contributed by atoms with E-state index in [-0.39, 0.29) is 10.8 Å². The Morgan fingerprint density at radius 2 is 1.86 bits per heavy atom. The van der Waals surface area contributed by atoms with Crippen LogP contribution in [0.4, 0.5) is 11.4 Å². The van der Waals surface area contributed by atoms with E-state index in [2.05, 4.69) is 17.6 Å². The van der Waals surface area contributed by atoms with E-state index in [0.29, 0.717) is 32.0 Å². The SMILES string of the molecule is CCc1ccccc1N[C@@H](C)C(=O)Nc1cccc(S(=O)(=O)N2CCOCC2)c1. The van der Waals surface area contributed by atoms with Crippen LogP contribution in [0.2, 0.25) is 0 Å². The fourth-order valence-corrected chi connectivity index (χ4v) is 4.64. The molecular weight excluding hydrogens is 390 g/mol. The van der Waals surface area contributed by atoms with Crippen molar-refractivity contribution in [1.29, 1.82) is 0 Å². The first-order valence-electron chi connectivity index (χ1n) is 9.75. The first kappa shape index (κ1) is 21.3. The molecule has 1 saturated heterocycles. The maximum absolute atomic E-state index is 12.8. The summed E-state index contributed by atoms with van der Waals surface area (Å²) in [5.41, 5.74) is 2.49. The highest BCUT2D eigenvalue weighted by atomic mass is 32.2. The average molecular weight is 418 g/mol. The van der Waals surface area contributed by atoms with Gasteiger partial charge in [-0.3, -0.25) is 4.79 Å². The molecule has 1 fully saturated rings. The van der Waals surface area contributed by atoms with Gasteiger partial charge < -0.3 is 15.4 Å². The van der Waals surface area contributed by atoms with E-state index in [9.17, 15) is 13.2 Å². The van der Waals surface area contributed by atoms with Gasteiger partial charge in [0.05, 0.1) is 18.1 Å². The molecule has 8 heteroatoms. The number of anilines is 2. The van der Waals surface area contributed by atoms with Crippen molar-refractivity contribution >= 4 is 27.3 Å². The van der Waals surface area contributed by atoms with Crippen molar-refractivity contribution in [3.63, 3.8) is 0 Å². The van der Waals surface area contributed by atoms with Gasteiger partial charge in [0.25, 0.3) is 0 Å². The molecule has 2 aromatic rings. The van der Waals surface area contributed by atoms with E-state index in [0.717, 1.165) is 17.7 Å². The number of hydrogen-bond donors (Lipinski definition) is 2. The van der Waals surface area contributed by atoms with Crippen LogP contribution in [-0.4, -0.2) is 51.0 Å². The van der Waals surface area contributed by atoms with Crippen LogP contribution in [-0.2, 0) is 26.0 Å². The van der Waals surface area contributed by atoms with Crippen LogP contribution in [0.3, 0.4) is 0 Å². The molecule has 2 aromatic carbocycles. The van der Waals surface area contributed by atoms with Crippen LogP contribution in [0.5, 0.6) is 0 Å². The Kier molecular flexibility index (Phi) is 6.89. The van der Waals surface area contributed by atoms with E-state index in [1.54, 1.807) is 25.1 Å². The summed E-state index contributed by atoms with van der Waals surface area (Å²) in [6, 6.07) is 13.7. The number of aryl methyl sites for hydroxylation is 1. The highest BCUT2D eigenvalue weighted by Gasteiger charge is 2.26. The summed E-state index contributed by atoms with van der Waals surface area (Å²) in [6.07, 6.45) is 0.860. The maximum atomic E-state index is 12.8. The lowest BCUT2D eigenvalue weighted by Crippen LogP contribution is -2.40. The highest BCUT2D eigenvalue weighted by Crippen LogP contribution is 2.21. The molecule has 0 radical (unpaired) electrons. The first-order valence-corrected chi connectivity index (χ1v) is 11.2. The molecule has 3 rings (SSSR count). The molecule has 29 heavy (non-hydrogen) atoms. The van der Waals surface area contributed by atoms with Crippen LogP contribution in [0.15, 0.2) is 53.4 Å². The zero-order chi connectivity index (χ0) is 20.9. The van der Waals surface area contributed by atoms with Crippen LogP contribution in [0.1, 0.15) is 19.4 Å². The number of nitrogens with zero attached hydrogens (tertiary/aromatic N) is 1. The van der Waals surface area contributed by atoms with Gasteiger partial charge in [0.2, 0.25) is 15.9 Å². The highest BCUT2D eigenvalue weighted by molar-refractivity contribution is 7.89. The Balaban J connectivity index is 1.70. The topological polar surface area (TPSA) is 87.7 Å². The van der Waals surface area contributed by atoms with Crippen molar-refractivity contribution in [3.05, 3.63) is 54.1 Å². The molecule has 0 unspecified atom stereocenters. The quantitative estimate of drug-likeness (QED) is 0.723. The van der Waals surface area contributed by atoms with Gasteiger partial charge in [0.15, 0.2) is 0 Å². The summed E-state index contributed by atoms with van der Waals surface area (Å²) in [5.74, 6) is -0.239. The lowest BCUT2D eigenvalue weighted by molar-refractivity contribution is -0.116. The number of amides is 1. The van der Waals surface area contributed by atoms with Crippen LogP contribution >= 0.6 is 0 Å². The summed E-state index contributed by atoms with van der Waals surface area (Å²) in [6.45, 7) is 5.27. The lowest BCUT2D eigenvalue weighted by atomic mass is 10.1. The van der Waals surface area contributed by atoms with Gasteiger partial charge in [-0.05, 0) is 43.2 Å². The fourth-order valence-electron chi connectivity index (χ4n) is 3.19. The number of rotatable bonds is 7. The molecule has 7 nitrogen and oxygen atoms in total. The van der Waals surface area contributed by atoms with Crippen molar-refractivity contribution < 1.29 is 17.9 Å². The summed E-state index contributed by atoms with van der Waals surface area (Å²) in [4.78, 5) is 12.8. The molecular formula is C21H27N3O4S. The molecule has 0 spiro atoms. The second-order valence-corrected chi connectivity index (χ2v) is 8.85. The van der Waals surface area contributed by atoms with Crippen molar-refractivity contribution in [2.75, 3.05) is 36.9 Å². The van der Waals surface area contributed by atoms with E-state index in [1.807, 2.05) is 24.3 Å². The summed E-state index contributed by atoms with van der Waals surface area (Å²) in [7, 11) is -3.61. The number of para-hydroxylation sites is 1. The Hall–Kier alpha value is -2.42. The molecule has 1 aliphatic heterocycles. The van der Waals surface area contributed by atoms with E-state index < -0.39 is 16.1 Å². The number of benzene rings is 2. The fraction of sp³-hybridized carbons (Fsp3) is 0.381. The third-order valence-electron chi connectivity index (χ3n) is 4.87. The number of hydrogen-bond acceptors (Lipinski definition) is 5. The molecule has 0 bridgehead atoms. The van der Waals surface area contributed by atoms with Crippen LogP contribution in [0, 0.1) is 0 Å². The summed E-state index contributed by atoms with van der Waals surface area (Å²) >= 11 is 0. The molecule has 0 aromatic heterocycles. The number of carbonyl (C=O) groups is 1. The van der Waals surface area contributed by atoms with Gasteiger partial charge >= 0.3 is 0 Å². The number of sulfonamides is 1. The number of carbonyl (C=O) groups excluding carboxylic acids is 1. The summed E-state index contributed by atoms with van der Waals surface area (Å²) < 4.78 is 32.3. The van der Waals surface area contributed by atoms with Gasteiger partial charge in [-0.1, -0.05) is 31.2 Å². The average Bonchev–Trinajstić information content (AvgIpc) is 2.75. The van der Waals surface area contributed by atoms with Crippen molar-refractivity contribution in [3.8, 4) is 0 Å². The van der Waals surface area contributed by atoms with Gasteiger partial charge in [-0.25, -0.2) is 8.42 Å². The third-order valence-corrected chi connectivity index (χ3v) is 6.77. The van der Waals surface area contributed by atoms with Crippen LogP contribution < -0.4 is 10.6 Å². The van der Waals surface area contributed by atoms with Gasteiger partial charge in [-0.2, -0.15) is 4.31 Å². The number of ether oxygens (including phenoxy) is 1. The zero-order valence-corrected chi connectivity index (χ0v) is 17.5. The predicted octanol–water partition coefficient (Wildman–Crippen LogP) is 2.71. The van der Waals surface area contributed by atoms with Gasteiger partial charge in [-0.15, -0.1) is 0 Å². The van der Waals surface area contributed by atoms with Crippen LogP contribution in [0.25, 0.3) is 0 Å². The second kappa shape index (κ2) is 9.39. The molecule has 2 N–H and O–H groups in total. The van der Waals surface area contributed by atoms with Crippen molar-refractivity contribution in [2.24, 2.45) is 0 Å². The molecule has 1 heterocycles. The molecule has 0 saturated carbocycles.